The van der Waals surface area contributed by atoms with Gasteiger partial charge in [-0.2, -0.15) is 16.4 Å². The number of aromatic nitrogens is 4. The molecule has 19 heavy (non-hydrogen) atoms. The minimum absolute atomic E-state index is 0.212. The van der Waals surface area contributed by atoms with Gasteiger partial charge in [0.2, 0.25) is 0 Å². The second-order valence-corrected chi connectivity index (χ2v) is 5.33. The van der Waals surface area contributed by atoms with E-state index in [0.717, 1.165) is 22.7 Å². The SMILES string of the molecule is Cc1nc(N[C@@H](C)c2ccsc2)c2cnn(C)c2n1. The standard InChI is InChI=1S/C13H15N5S/c1-8(10-4-5-19-7-10)15-12-11-6-14-18(3)13(11)17-9(2)16-12/h4-8H,1-3H3,(H,15,16,17)/t8-/m0/s1. The number of nitrogens with zero attached hydrogens (tertiary/aromatic N) is 4. The first-order valence-electron chi connectivity index (χ1n) is 6.10. The van der Waals surface area contributed by atoms with Crippen LogP contribution < -0.4 is 5.32 Å². The van der Waals surface area contributed by atoms with Crippen molar-refractivity contribution in [3.63, 3.8) is 0 Å². The zero-order valence-corrected chi connectivity index (χ0v) is 11.9. The van der Waals surface area contributed by atoms with E-state index in [1.165, 1.54) is 5.56 Å². The molecule has 0 aliphatic heterocycles. The molecule has 0 aliphatic carbocycles. The number of hydrogen-bond donors (Lipinski definition) is 1. The molecule has 6 heteroatoms. The van der Waals surface area contributed by atoms with E-state index in [1.54, 1.807) is 22.2 Å². The number of nitrogens with one attached hydrogen (secondary N) is 1. The van der Waals surface area contributed by atoms with E-state index in [9.17, 15) is 0 Å². The summed E-state index contributed by atoms with van der Waals surface area (Å²) in [6.07, 6.45) is 1.80. The van der Waals surface area contributed by atoms with Crippen LogP contribution in [0, 0.1) is 6.92 Å². The molecule has 0 spiro atoms. The van der Waals surface area contributed by atoms with Crippen molar-refractivity contribution in [3.05, 3.63) is 34.4 Å². The van der Waals surface area contributed by atoms with Crippen molar-refractivity contribution in [2.24, 2.45) is 7.05 Å². The van der Waals surface area contributed by atoms with Crippen molar-refractivity contribution >= 4 is 28.2 Å². The molecule has 0 bridgehead atoms. The number of anilines is 1. The van der Waals surface area contributed by atoms with Crippen LogP contribution in [0.5, 0.6) is 0 Å². The van der Waals surface area contributed by atoms with Crippen LogP contribution in [0.15, 0.2) is 23.0 Å². The lowest BCUT2D eigenvalue weighted by Gasteiger charge is -2.14. The molecular weight excluding hydrogens is 258 g/mol. The van der Waals surface area contributed by atoms with Crippen LogP contribution in [-0.4, -0.2) is 19.7 Å². The molecule has 3 aromatic heterocycles. The molecular formula is C13H15N5S. The smallest absolute Gasteiger partial charge is 0.163 e. The lowest BCUT2D eigenvalue weighted by atomic mass is 10.2. The molecule has 0 aliphatic rings. The van der Waals surface area contributed by atoms with Gasteiger partial charge in [-0.05, 0) is 36.2 Å². The largest absolute Gasteiger partial charge is 0.363 e. The topological polar surface area (TPSA) is 55.6 Å². The van der Waals surface area contributed by atoms with E-state index in [4.69, 9.17) is 0 Å². The molecule has 1 atom stereocenters. The van der Waals surface area contributed by atoms with Crippen molar-refractivity contribution in [1.82, 2.24) is 19.7 Å². The van der Waals surface area contributed by atoms with Crippen molar-refractivity contribution in [1.29, 1.82) is 0 Å². The monoisotopic (exact) mass is 273 g/mol. The highest BCUT2D eigenvalue weighted by molar-refractivity contribution is 7.07. The summed E-state index contributed by atoms with van der Waals surface area (Å²) in [6.45, 7) is 4.02. The number of thiophene rings is 1. The Morgan fingerprint density at radius 3 is 2.95 bits per heavy atom. The predicted octanol–water partition coefficient (Wildman–Crippen LogP) is 2.91. The van der Waals surface area contributed by atoms with Gasteiger partial charge in [-0.25, -0.2) is 9.97 Å². The van der Waals surface area contributed by atoms with Gasteiger partial charge in [0.25, 0.3) is 0 Å². The second kappa shape index (κ2) is 4.62. The molecule has 3 rings (SSSR count). The Bertz CT molecular complexity index is 701. The molecule has 0 saturated heterocycles. The van der Waals surface area contributed by atoms with Gasteiger partial charge in [-0.15, -0.1) is 0 Å². The molecule has 0 unspecified atom stereocenters. The maximum Gasteiger partial charge on any atom is 0.163 e. The molecule has 0 amide bonds. The van der Waals surface area contributed by atoms with Crippen LogP contribution >= 0.6 is 11.3 Å². The van der Waals surface area contributed by atoms with Crippen molar-refractivity contribution in [2.45, 2.75) is 19.9 Å². The van der Waals surface area contributed by atoms with Gasteiger partial charge >= 0.3 is 0 Å². The van der Waals surface area contributed by atoms with E-state index < -0.39 is 0 Å². The summed E-state index contributed by atoms with van der Waals surface area (Å²) in [5.41, 5.74) is 2.12. The van der Waals surface area contributed by atoms with Crippen LogP contribution in [0.1, 0.15) is 24.4 Å². The highest BCUT2D eigenvalue weighted by Crippen LogP contribution is 2.25. The van der Waals surface area contributed by atoms with Crippen molar-refractivity contribution < 1.29 is 0 Å². The third kappa shape index (κ3) is 2.19. The molecule has 3 aromatic rings. The van der Waals surface area contributed by atoms with E-state index >= 15 is 0 Å². The summed E-state index contributed by atoms with van der Waals surface area (Å²) >= 11 is 1.70. The van der Waals surface area contributed by atoms with E-state index in [2.05, 4.69) is 44.1 Å². The lowest BCUT2D eigenvalue weighted by molar-refractivity contribution is 0.782. The fraction of sp³-hybridized carbons (Fsp3) is 0.308. The number of fused-ring (bicyclic) bond motifs is 1. The summed E-state index contributed by atoms with van der Waals surface area (Å²) in [4.78, 5) is 8.91. The number of hydrogen-bond acceptors (Lipinski definition) is 5. The van der Waals surface area contributed by atoms with Gasteiger partial charge in [0.05, 0.1) is 17.6 Å². The Morgan fingerprint density at radius 2 is 2.21 bits per heavy atom. The molecule has 0 radical (unpaired) electrons. The van der Waals surface area contributed by atoms with Crippen LogP contribution in [0.25, 0.3) is 11.0 Å². The Kier molecular flexibility index (Phi) is 2.94. The minimum atomic E-state index is 0.212. The van der Waals surface area contributed by atoms with Crippen LogP contribution in [-0.2, 0) is 7.05 Å². The summed E-state index contributed by atoms with van der Waals surface area (Å²) in [6, 6.07) is 2.33. The molecule has 1 N–H and O–H groups in total. The Morgan fingerprint density at radius 1 is 1.37 bits per heavy atom. The zero-order chi connectivity index (χ0) is 13.4. The average Bonchev–Trinajstić information content (AvgIpc) is 3.00. The normalized spacial score (nSPS) is 12.8. The Labute approximate surface area is 115 Å². The van der Waals surface area contributed by atoms with Gasteiger partial charge < -0.3 is 5.32 Å². The van der Waals surface area contributed by atoms with Crippen molar-refractivity contribution in [3.8, 4) is 0 Å². The van der Waals surface area contributed by atoms with Crippen LogP contribution in [0.4, 0.5) is 5.82 Å². The summed E-state index contributed by atoms with van der Waals surface area (Å²) in [7, 11) is 1.89. The molecule has 0 fully saturated rings. The van der Waals surface area contributed by atoms with Gasteiger partial charge in [0.15, 0.2) is 5.65 Å². The summed E-state index contributed by atoms with van der Waals surface area (Å²) in [5.74, 6) is 1.59. The van der Waals surface area contributed by atoms with Crippen LogP contribution in [0.2, 0.25) is 0 Å². The lowest BCUT2D eigenvalue weighted by Crippen LogP contribution is -2.08. The maximum absolute atomic E-state index is 4.49. The first-order chi connectivity index (χ1) is 9.15. The molecule has 98 valence electrons. The fourth-order valence-electron chi connectivity index (χ4n) is 2.05. The average molecular weight is 273 g/mol. The van der Waals surface area contributed by atoms with E-state index in [0.29, 0.717) is 0 Å². The Balaban J connectivity index is 2.00. The zero-order valence-electron chi connectivity index (χ0n) is 11.1. The quantitative estimate of drug-likeness (QED) is 0.797. The van der Waals surface area contributed by atoms with Gasteiger partial charge in [0.1, 0.15) is 11.6 Å². The van der Waals surface area contributed by atoms with Gasteiger partial charge in [-0.3, -0.25) is 4.68 Å². The minimum Gasteiger partial charge on any atom is -0.363 e. The molecule has 0 aromatic carbocycles. The first kappa shape index (κ1) is 12.1. The molecule has 0 saturated carbocycles. The highest BCUT2D eigenvalue weighted by Gasteiger charge is 2.13. The predicted molar refractivity (Wildman–Crippen MR) is 77.4 cm³/mol. The third-order valence-electron chi connectivity index (χ3n) is 3.10. The Hall–Kier alpha value is -1.95. The highest BCUT2D eigenvalue weighted by atomic mass is 32.1. The first-order valence-corrected chi connectivity index (χ1v) is 7.04. The number of aryl methyl sites for hydroxylation is 2. The fourth-order valence-corrected chi connectivity index (χ4v) is 2.80. The van der Waals surface area contributed by atoms with Gasteiger partial charge in [-0.1, -0.05) is 0 Å². The summed E-state index contributed by atoms with van der Waals surface area (Å²) < 4.78 is 1.77. The maximum atomic E-state index is 4.49. The third-order valence-corrected chi connectivity index (χ3v) is 3.80. The second-order valence-electron chi connectivity index (χ2n) is 4.55. The summed E-state index contributed by atoms with van der Waals surface area (Å²) in [5, 5.41) is 12.9. The number of rotatable bonds is 3. The van der Waals surface area contributed by atoms with Crippen LogP contribution in [0.3, 0.4) is 0 Å². The van der Waals surface area contributed by atoms with Crippen molar-refractivity contribution in [2.75, 3.05) is 5.32 Å². The van der Waals surface area contributed by atoms with Gasteiger partial charge in [0, 0.05) is 7.05 Å². The van der Waals surface area contributed by atoms with E-state index in [-0.39, 0.29) is 6.04 Å². The molecule has 3 heterocycles. The molecule has 5 nitrogen and oxygen atoms in total. The van der Waals surface area contributed by atoms with E-state index in [1.807, 2.05) is 14.0 Å².